The number of carbonyl (C=O) groups excluding carboxylic acids is 2. The highest BCUT2D eigenvalue weighted by atomic mass is 35.5. The third-order valence-electron chi connectivity index (χ3n) is 3.39. The molecule has 23 heavy (non-hydrogen) atoms. The number of nitrogens with zero attached hydrogens (tertiary/aromatic N) is 1. The number of Topliss-reactive ketones (excluding diaryl/α,β-unsaturated/α-hetero) is 1. The third kappa shape index (κ3) is 3.79. The van der Waals surface area contributed by atoms with Gasteiger partial charge in [0.05, 0.1) is 6.61 Å². The fraction of sp³-hybridized carbons (Fsp3) is 0.312. The predicted molar refractivity (Wildman–Crippen MR) is 86.0 cm³/mol. The quantitative estimate of drug-likeness (QED) is 0.437. The largest absolute Gasteiger partial charge is 0.460 e. The lowest BCUT2D eigenvalue weighted by Crippen LogP contribution is -2.18. The Morgan fingerprint density at radius 1 is 1.35 bits per heavy atom. The topological polar surface area (TPSA) is 56.3 Å². The number of aromatic nitrogens is 1. The van der Waals surface area contributed by atoms with Gasteiger partial charge in [-0.15, -0.1) is 0 Å². The number of allylic oxidation sites excluding steroid dienone is 4. The van der Waals surface area contributed by atoms with Gasteiger partial charge in [0.25, 0.3) is 0 Å². The number of rotatable bonds is 6. The number of ether oxygens (including phenoxy) is 1. The Morgan fingerprint density at radius 2 is 2.04 bits per heavy atom. The van der Waals surface area contributed by atoms with Gasteiger partial charge in [0.2, 0.25) is 5.78 Å². The van der Waals surface area contributed by atoms with Crippen LogP contribution in [0.3, 0.4) is 0 Å². The molecule has 0 N–H and O–H groups in total. The Hall–Kier alpha value is -1.72. The van der Waals surface area contributed by atoms with E-state index in [1.165, 1.54) is 12.1 Å². The Morgan fingerprint density at radius 3 is 2.61 bits per heavy atom. The Kier molecular flexibility index (Phi) is 5.55. The van der Waals surface area contributed by atoms with E-state index < -0.39 is 11.8 Å². The lowest BCUT2D eigenvalue weighted by Gasteiger charge is -2.20. The minimum absolute atomic E-state index is 0.0872. The fourth-order valence-corrected chi connectivity index (χ4v) is 2.83. The molecule has 1 aromatic heterocycles. The van der Waals surface area contributed by atoms with Gasteiger partial charge < -0.3 is 4.74 Å². The van der Waals surface area contributed by atoms with E-state index in [9.17, 15) is 14.0 Å². The van der Waals surface area contributed by atoms with Crippen molar-refractivity contribution in [2.75, 3.05) is 6.61 Å². The lowest BCUT2D eigenvalue weighted by atomic mass is 9.87. The molecule has 0 bridgehead atoms. The first-order valence-electron chi connectivity index (χ1n) is 6.98. The smallest absolute Gasteiger partial charge is 0.374 e. The Labute approximate surface area is 142 Å². The second kappa shape index (κ2) is 7.23. The number of carbonyl (C=O) groups is 2. The molecule has 7 heteroatoms. The van der Waals surface area contributed by atoms with Crippen LogP contribution in [-0.4, -0.2) is 23.3 Å². The highest BCUT2D eigenvalue weighted by Gasteiger charge is 2.24. The summed E-state index contributed by atoms with van der Waals surface area (Å²) in [4.78, 5) is 27.0. The highest BCUT2D eigenvalue weighted by molar-refractivity contribution is 6.34. The van der Waals surface area contributed by atoms with Crippen molar-refractivity contribution >= 4 is 40.5 Å². The normalized spacial score (nSPS) is 13.5. The van der Waals surface area contributed by atoms with Gasteiger partial charge >= 0.3 is 5.97 Å². The zero-order valence-corrected chi connectivity index (χ0v) is 14.1. The molecule has 0 amide bonds. The summed E-state index contributed by atoms with van der Waals surface area (Å²) in [5.74, 6) is -1.94. The summed E-state index contributed by atoms with van der Waals surface area (Å²) in [5, 5.41) is 0.217. The summed E-state index contributed by atoms with van der Waals surface area (Å²) >= 11 is 12.0. The SMILES string of the molecule is CCOC(=O)C(=O)CCc1c(C2=C(F)C=C2C)cc(Cl)nc1Cl. The van der Waals surface area contributed by atoms with Gasteiger partial charge in [-0.25, -0.2) is 14.2 Å². The van der Waals surface area contributed by atoms with E-state index in [1.807, 2.05) is 0 Å². The van der Waals surface area contributed by atoms with Crippen LogP contribution in [0.2, 0.25) is 10.3 Å². The van der Waals surface area contributed by atoms with Crippen molar-refractivity contribution in [2.45, 2.75) is 26.7 Å². The van der Waals surface area contributed by atoms with Crippen LogP contribution in [0.5, 0.6) is 0 Å². The maximum Gasteiger partial charge on any atom is 0.374 e. The molecule has 0 spiro atoms. The van der Waals surface area contributed by atoms with Gasteiger partial charge in [-0.2, -0.15) is 0 Å². The number of esters is 1. The summed E-state index contributed by atoms with van der Waals surface area (Å²) in [7, 11) is 0. The molecule has 2 rings (SSSR count). The minimum Gasteiger partial charge on any atom is -0.460 e. The average Bonchev–Trinajstić information content (AvgIpc) is 2.45. The third-order valence-corrected chi connectivity index (χ3v) is 3.90. The monoisotopic (exact) mass is 357 g/mol. The van der Waals surface area contributed by atoms with Crippen molar-refractivity contribution in [1.82, 2.24) is 4.98 Å². The fourth-order valence-electron chi connectivity index (χ4n) is 2.31. The van der Waals surface area contributed by atoms with E-state index in [-0.39, 0.29) is 35.6 Å². The molecular weight excluding hydrogens is 344 g/mol. The first kappa shape index (κ1) is 17.6. The maximum absolute atomic E-state index is 13.7. The highest BCUT2D eigenvalue weighted by Crippen LogP contribution is 2.40. The van der Waals surface area contributed by atoms with Gasteiger partial charge in [-0.1, -0.05) is 23.2 Å². The van der Waals surface area contributed by atoms with Crippen LogP contribution in [0.25, 0.3) is 5.57 Å². The standard InChI is InChI=1S/C16H14Cl2FNO3/c1-3-23-16(22)12(21)5-4-9-10(7-13(17)20-15(9)18)14-8(2)6-11(14)19/h6-7H,3-5H2,1-2H3. The first-order valence-corrected chi connectivity index (χ1v) is 7.74. The molecule has 0 saturated heterocycles. The van der Waals surface area contributed by atoms with Gasteiger partial charge in [0, 0.05) is 12.0 Å². The Balaban J connectivity index is 2.27. The van der Waals surface area contributed by atoms with Gasteiger partial charge in [0.1, 0.15) is 16.1 Å². The van der Waals surface area contributed by atoms with Crippen molar-refractivity contribution in [2.24, 2.45) is 0 Å². The molecular formula is C16H14Cl2FNO3. The van der Waals surface area contributed by atoms with Crippen LogP contribution in [0.1, 0.15) is 31.4 Å². The zero-order chi connectivity index (χ0) is 17.1. The molecule has 1 aliphatic carbocycles. The zero-order valence-electron chi connectivity index (χ0n) is 12.6. The van der Waals surface area contributed by atoms with Crippen molar-refractivity contribution in [3.63, 3.8) is 0 Å². The maximum atomic E-state index is 13.7. The number of halogens is 3. The average molecular weight is 358 g/mol. The second-order valence-electron chi connectivity index (χ2n) is 4.96. The van der Waals surface area contributed by atoms with E-state index in [4.69, 9.17) is 23.2 Å². The van der Waals surface area contributed by atoms with Crippen LogP contribution in [0.15, 0.2) is 23.5 Å². The summed E-state index contributed by atoms with van der Waals surface area (Å²) < 4.78 is 18.4. The molecule has 0 aliphatic heterocycles. The van der Waals surface area contributed by atoms with Crippen LogP contribution >= 0.6 is 23.2 Å². The van der Waals surface area contributed by atoms with Crippen LogP contribution in [-0.2, 0) is 20.7 Å². The summed E-state index contributed by atoms with van der Waals surface area (Å²) in [5.41, 5.74) is 2.11. The van der Waals surface area contributed by atoms with E-state index in [2.05, 4.69) is 9.72 Å². The molecule has 0 aromatic carbocycles. The predicted octanol–water partition coefficient (Wildman–Crippen LogP) is 4.09. The van der Waals surface area contributed by atoms with E-state index in [0.29, 0.717) is 16.7 Å². The number of hydrogen-bond acceptors (Lipinski definition) is 4. The lowest BCUT2D eigenvalue weighted by molar-refractivity contribution is -0.153. The summed E-state index contributed by atoms with van der Waals surface area (Å²) in [6, 6.07) is 1.50. The van der Waals surface area contributed by atoms with E-state index in [1.54, 1.807) is 13.8 Å². The van der Waals surface area contributed by atoms with Crippen molar-refractivity contribution in [1.29, 1.82) is 0 Å². The van der Waals surface area contributed by atoms with Crippen LogP contribution in [0, 0.1) is 0 Å². The van der Waals surface area contributed by atoms with Gasteiger partial charge in [-0.05, 0) is 49.1 Å². The molecule has 4 nitrogen and oxygen atoms in total. The van der Waals surface area contributed by atoms with E-state index in [0.717, 1.165) is 5.57 Å². The summed E-state index contributed by atoms with van der Waals surface area (Å²) in [6.45, 7) is 3.50. The summed E-state index contributed by atoms with van der Waals surface area (Å²) in [6.07, 6.45) is 1.43. The van der Waals surface area contributed by atoms with E-state index >= 15 is 0 Å². The molecule has 122 valence electrons. The minimum atomic E-state index is -0.891. The van der Waals surface area contributed by atoms with Crippen LogP contribution < -0.4 is 0 Å². The molecule has 1 heterocycles. The molecule has 0 fully saturated rings. The second-order valence-corrected chi connectivity index (χ2v) is 5.70. The van der Waals surface area contributed by atoms with Gasteiger partial charge in [0.15, 0.2) is 0 Å². The number of ketones is 1. The first-order chi connectivity index (χ1) is 10.8. The van der Waals surface area contributed by atoms with Crippen molar-refractivity contribution in [3.8, 4) is 0 Å². The molecule has 0 radical (unpaired) electrons. The molecule has 0 unspecified atom stereocenters. The molecule has 1 aliphatic rings. The van der Waals surface area contributed by atoms with Crippen molar-refractivity contribution < 1.29 is 18.7 Å². The van der Waals surface area contributed by atoms with Crippen molar-refractivity contribution in [3.05, 3.63) is 45.0 Å². The number of pyridine rings is 1. The molecule has 0 atom stereocenters. The van der Waals surface area contributed by atoms with Gasteiger partial charge in [-0.3, -0.25) is 4.79 Å². The molecule has 0 saturated carbocycles. The number of hydrogen-bond donors (Lipinski definition) is 0. The molecule has 1 aromatic rings. The Bertz CT molecular complexity index is 741. The van der Waals surface area contributed by atoms with Crippen LogP contribution in [0.4, 0.5) is 4.39 Å².